The molecular weight excluding hydrogens is 186 g/mol. The van der Waals surface area contributed by atoms with Crippen LogP contribution >= 0.6 is 23.4 Å². The summed E-state index contributed by atoms with van der Waals surface area (Å²) >= 11 is 7.41. The molecule has 0 spiro atoms. The fraction of sp³-hybridized carbons (Fsp3) is 0.667. The van der Waals surface area contributed by atoms with E-state index in [2.05, 4.69) is 0 Å². The van der Waals surface area contributed by atoms with Gasteiger partial charge in [0.15, 0.2) is 0 Å². The molecule has 0 bridgehead atoms. The predicted octanol–water partition coefficient (Wildman–Crippen LogP) is 1.36. The number of hydrogen-bond donors (Lipinski definition) is 0. The molecule has 5 heteroatoms. The molecule has 11 heavy (non-hydrogen) atoms. The summed E-state index contributed by atoms with van der Waals surface area (Å²) in [6.07, 6.45) is 0.296. The summed E-state index contributed by atoms with van der Waals surface area (Å²) in [5.74, 6) is 0.783. The van der Waals surface area contributed by atoms with E-state index in [0.717, 1.165) is 12.5 Å². The second-order valence-electron chi connectivity index (χ2n) is 2.37. The highest BCUT2D eigenvalue weighted by atomic mass is 35.5. The Morgan fingerprint density at radius 2 is 2.73 bits per heavy atom. The van der Waals surface area contributed by atoms with Gasteiger partial charge in [-0.1, -0.05) is 11.6 Å². The molecule has 62 valence electrons. The van der Waals surface area contributed by atoms with Gasteiger partial charge in [0.1, 0.15) is 17.9 Å². The van der Waals surface area contributed by atoms with Gasteiger partial charge < -0.3 is 4.74 Å². The quantitative estimate of drug-likeness (QED) is 0.499. The molecule has 2 aliphatic rings. The zero-order valence-electron chi connectivity index (χ0n) is 5.83. The summed E-state index contributed by atoms with van der Waals surface area (Å²) in [5, 5.41) is 4.21. The first-order valence-corrected chi connectivity index (χ1v) is 4.78. The smallest absolute Gasteiger partial charge is 0.137 e. The van der Waals surface area contributed by atoms with Crippen molar-refractivity contribution in [2.75, 3.05) is 19.1 Å². The first-order valence-electron chi connectivity index (χ1n) is 3.35. The average Bonchev–Trinajstić information content (AvgIpc) is 2.73. The molecule has 0 aromatic rings. The Labute approximate surface area is 74.2 Å². The third-order valence-corrected chi connectivity index (χ3v) is 2.63. The monoisotopic (exact) mass is 193 g/mol. The summed E-state index contributed by atoms with van der Waals surface area (Å²) in [4.78, 5) is 5.33. The van der Waals surface area contributed by atoms with Crippen LogP contribution in [0, 0.1) is 0 Å². The van der Waals surface area contributed by atoms with Crippen molar-refractivity contribution in [3.05, 3.63) is 10.6 Å². The van der Waals surface area contributed by atoms with E-state index in [1.165, 1.54) is 0 Å². The van der Waals surface area contributed by atoms with Gasteiger partial charge in [0.05, 0.1) is 12.5 Å². The lowest BCUT2D eigenvalue weighted by atomic mass is 10.5. The molecule has 0 radical (unpaired) electrons. The third kappa shape index (κ3) is 2.02. The van der Waals surface area contributed by atoms with Crippen LogP contribution in [0.15, 0.2) is 10.6 Å². The van der Waals surface area contributed by atoms with Crippen molar-refractivity contribution >= 4 is 23.4 Å². The normalized spacial score (nSPS) is 29.0. The molecule has 2 rings (SSSR count). The summed E-state index contributed by atoms with van der Waals surface area (Å²) in [6.45, 7) is 1.44. The maximum absolute atomic E-state index is 5.78. The van der Waals surface area contributed by atoms with E-state index in [1.807, 2.05) is 5.41 Å². The molecule has 0 aromatic heterocycles. The lowest BCUT2D eigenvalue weighted by Crippen LogP contribution is -2.19. The van der Waals surface area contributed by atoms with E-state index in [4.69, 9.17) is 21.2 Å². The lowest BCUT2D eigenvalue weighted by molar-refractivity contribution is -0.112. The van der Waals surface area contributed by atoms with Crippen molar-refractivity contribution in [2.24, 2.45) is 0 Å². The highest BCUT2D eigenvalue weighted by molar-refractivity contribution is 8.02. The van der Waals surface area contributed by atoms with Crippen molar-refractivity contribution < 1.29 is 9.57 Å². The number of hydroxylamine groups is 2. The number of epoxide rings is 1. The van der Waals surface area contributed by atoms with Crippen molar-refractivity contribution in [3.8, 4) is 0 Å². The second kappa shape index (κ2) is 3.23. The minimum Gasteiger partial charge on any atom is -0.371 e. The largest absolute Gasteiger partial charge is 0.371 e. The number of rotatable bonds is 3. The molecule has 1 atom stereocenters. The van der Waals surface area contributed by atoms with E-state index < -0.39 is 0 Å². The van der Waals surface area contributed by atoms with Crippen LogP contribution < -0.4 is 0 Å². The summed E-state index contributed by atoms with van der Waals surface area (Å²) < 4.78 is 4.98. The lowest BCUT2D eigenvalue weighted by Gasteiger charge is -2.15. The summed E-state index contributed by atoms with van der Waals surface area (Å²) in [5.41, 5.74) is 0. The fourth-order valence-electron chi connectivity index (χ4n) is 0.730. The van der Waals surface area contributed by atoms with Crippen LogP contribution in [-0.4, -0.2) is 30.3 Å². The van der Waals surface area contributed by atoms with Crippen LogP contribution in [0.2, 0.25) is 0 Å². The fourth-order valence-corrected chi connectivity index (χ4v) is 1.78. The van der Waals surface area contributed by atoms with Crippen molar-refractivity contribution in [1.82, 2.24) is 5.06 Å². The Morgan fingerprint density at radius 3 is 3.27 bits per heavy atom. The van der Waals surface area contributed by atoms with Gasteiger partial charge in [-0.2, -0.15) is 0 Å². The highest BCUT2D eigenvalue weighted by Gasteiger charge is 2.25. The molecule has 3 nitrogen and oxygen atoms in total. The minimum atomic E-state index is 0.296. The topological polar surface area (TPSA) is 25.0 Å². The number of thioether (sulfide) groups is 1. The van der Waals surface area contributed by atoms with Gasteiger partial charge in [0.2, 0.25) is 0 Å². The summed E-state index contributed by atoms with van der Waals surface area (Å²) in [6, 6.07) is 0. The Kier molecular flexibility index (Phi) is 2.27. The van der Waals surface area contributed by atoms with Crippen LogP contribution in [0.3, 0.4) is 0 Å². The molecule has 1 saturated heterocycles. The standard InChI is InChI=1S/C6H8ClNO2S/c7-6-3-11-4-8(6)10-2-5-1-9-5/h3,5H,1-2,4H2. The highest BCUT2D eigenvalue weighted by Crippen LogP contribution is 2.26. The van der Waals surface area contributed by atoms with E-state index >= 15 is 0 Å². The van der Waals surface area contributed by atoms with E-state index in [1.54, 1.807) is 16.8 Å². The van der Waals surface area contributed by atoms with E-state index in [0.29, 0.717) is 17.9 Å². The van der Waals surface area contributed by atoms with E-state index in [9.17, 15) is 0 Å². The third-order valence-electron chi connectivity index (χ3n) is 1.43. The van der Waals surface area contributed by atoms with Gasteiger partial charge in [-0.25, -0.2) is 5.06 Å². The Balaban J connectivity index is 1.72. The molecule has 0 aromatic carbocycles. The zero-order chi connectivity index (χ0) is 7.68. The number of ether oxygens (including phenoxy) is 1. The SMILES string of the molecule is ClC1=CSCN1OCC1CO1. The average molecular weight is 194 g/mol. The van der Waals surface area contributed by atoms with Gasteiger partial charge in [-0.05, 0) is 0 Å². The maximum Gasteiger partial charge on any atom is 0.137 e. The zero-order valence-corrected chi connectivity index (χ0v) is 7.40. The van der Waals surface area contributed by atoms with Crippen LogP contribution in [-0.2, 0) is 9.57 Å². The van der Waals surface area contributed by atoms with Crippen LogP contribution in [0.4, 0.5) is 0 Å². The van der Waals surface area contributed by atoms with Gasteiger partial charge in [0.25, 0.3) is 0 Å². The van der Waals surface area contributed by atoms with Crippen LogP contribution in [0.5, 0.6) is 0 Å². The molecule has 1 unspecified atom stereocenters. The van der Waals surface area contributed by atoms with Crippen molar-refractivity contribution in [3.63, 3.8) is 0 Å². The van der Waals surface area contributed by atoms with Crippen LogP contribution in [0.25, 0.3) is 0 Å². The molecule has 0 N–H and O–H groups in total. The van der Waals surface area contributed by atoms with Gasteiger partial charge in [-0.15, -0.1) is 11.8 Å². The Morgan fingerprint density at radius 1 is 1.91 bits per heavy atom. The summed E-state index contributed by atoms with van der Waals surface area (Å²) in [7, 11) is 0. The second-order valence-corrected chi connectivity index (χ2v) is 3.58. The number of halogens is 1. The Hall–Kier alpha value is 0.1000. The maximum atomic E-state index is 5.78. The molecule has 0 saturated carbocycles. The number of hydrogen-bond acceptors (Lipinski definition) is 4. The number of nitrogens with zero attached hydrogens (tertiary/aromatic N) is 1. The van der Waals surface area contributed by atoms with Crippen molar-refractivity contribution in [1.29, 1.82) is 0 Å². The van der Waals surface area contributed by atoms with Crippen LogP contribution in [0.1, 0.15) is 0 Å². The molecule has 2 aliphatic heterocycles. The van der Waals surface area contributed by atoms with Gasteiger partial charge >= 0.3 is 0 Å². The molecule has 2 heterocycles. The van der Waals surface area contributed by atoms with Crippen molar-refractivity contribution in [2.45, 2.75) is 6.10 Å². The van der Waals surface area contributed by atoms with Gasteiger partial charge in [0, 0.05) is 5.41 Å². The minimum absolute atomic E-state index is 0.296. The predicted molar refractivity (Wildman–Crippen MR) is 43.9 cm³/mol. The molecule has 0 aliphatic carbocycles. The molecule has 1 fully saturated rings. The molecule has 0 amide bonds. The first kappa shape index (κ1) is 7.73. The van der Waals surface area contributed by atoms with Gasteiger partial charge in [-0.3, -0.25) is 4.84 Å². The Bertz CT molecular complexity index is 183. The molecular formula is C6H8ClNO2S. The van der Waals surface area contributed by atoms with E-state index in [-0.39, 0.29) is 0 Å². The first-order chi connectivity index (χ1) is 5.36.